The number of hydrogen-bond donors (Lipinski definition) is 1. The molecule has 0 saturated heterocycles. The van der Waals surface area contributed by atoms with Crippen molar-refractivity contribution in [2.45, 2.75) is 6.10 Å². The second-order valence-electron chi connectivity index (χ2n) is 3.01. The first kappa shape index (κ1) is 11.9. The third-order valence-corrected chi connectivity index (χ3v) is 1.80. The molecule has 15 heavy (non-hydrogen) atoms. The van der Waals surface area contributed by atoms with Crippen molar-refractivity contribution in [3.05, 3.63) is 29.8 Å². The molecule has 0 aliphatic rings. The molecule has 1 atom stereocenters. The van der Waals surface area contributed by atoms with Crippen LogP contribution in [0.2, 0.25) is 0 Å². The van der Waals surface area contributed by atoms with Gasteiger partial charge in [-0.3, -0.25) is 0 Å². The Balaban J connectivity index is 2.70. The van der Waals surface area contributed by atoms with Gasteiger partial charge < -0.3 is 15.2 Å². The molecule has 0 fully saturated rings. The number of ether oxygens (including phenoxy) is 2. The van der Waals surface area contributed by atoms with E-state index in [1.165, 1.54) is 13.2 Å². The first-order valence-corrected chi connectivity index (χ1v) is 4.48. The summed E-state index contributed by atoms with van der Waals surface area (Å²) in [5.74, 6) is -1.41. The Morgan fingerprint density at radius 2 is 2.13 bits per heavy atom. The molecule has 0 saturated carbocycles. The Morgan fingerprint density at radius 1 is 1.40 bits per heavy atom. The van der Waals surface area contributed by atoms with Crippen molar-refractivity contribution in [2.75, 3.05) is 20.3 Å². The van der Waals surface area contributed by atoms with Crippen molar-refractivity contribution >= 4 is 0 Å². The molecule has 3 nitrogen and oxygen atoms in total. The molecular weight excluding hydrogens is 204 g/mol. The Labute approximate surface area is 86.8 Å². The van der Waals surface area contributed by atoms with E-state index < -0.39 is 17.7 Å². The summed E-state index contributed by atoms with van der Waals surface area (Å²) in [6.07, 6.45) is -0.435. The van der Waals surface area contributed by atoms with Crippen molar-refractivity contribution in [3.8, 4) is 5.75 Å². The predicted molar refractivity (Wildman–Crippen MR) is 51.7 cm³/mol. The summed E-state index contributed by atoms with van der Waals surface area (Å²) >= 11 is 0. The first-order valence-electron chi connectivity index (χ1n) is 4.48. The van der Waals surface area contributed by atoms with Crippen molar-refractivity contribution in [2.24, 2.45) is 5.73 Å². The summed E-state index contributed by atoms with van der Waals surface area (Å²) < 4.78 is 35.7. The Hall–Kier alpha value is -1.20. The van der Waals surface area contributed by atoms with Crippen LogP contribution in [-0.2, 0) is 4.74 Å². The summed E-state index contributed by atoms with van der Waals surface area (Å²) in [5, 5.41) is 0. The molecule has 0 radical (unpaired) electrons. The Bertz CT molecular complexity index is 320. The van der Waals surface area contributed by atoms with E-state index in [9.17, 15) is 8.78 Å². The highest BCUT2D eigenvalue weighted by Gasteiger charge is 2.11. The van der Waals surface area contributed by atoms with E-state index in [-0.39, 0.29) is 18.9 Å². The molecule has 0 aromatic heterocycles. The van der Waals surface area contributed by atoms with Gasteiger partial charge in [-0.1, -0.05) is 0 Å². The number of benzene rings is 1. The number of methoxy groups -OCH3 is 1. The zero-order chi connectivity index (χ0) is 11.3. The minimum absolute atomic E-state index is 0.0242. The Morgan fingerprint density at radius 3 is 2.67 bits per heavy atom. The molecule has 0 heterocycles. The molecule has 0 aliphatic heterocycles. The number of nitrogens with two attached hydrogens (primary N) is 1. The highest BCUT2D eigenvalue weighted by molar-refractivity contribution is 5.24. The van der Waals surface area contributed by atoms with Gasteiger partial charge in [0.05, 0.1) is 6.61 Å². The number of rotatable bonds is 5. The second kappa shape index (κ2) is 5.63. The molecule has 1 aromatic carbocycles. The van der Waals surface area contributed by atoms with Crippen LogP contribution in [0.25, 0.3) is 0 Å². The zero-order valence-electron chi connectivity index (χ0n) is 8.37. The van der Waals surface area contributed by atoms with Gasteiger partial charge in [-0.05, 0) is 12.1 Å². The van der Waals surface area contributed by atoms with E-state index in [2.05, 4.69) is 0 Å². The predicted octanol–water partition coefficient (Wildman–Crippen LogP) is 1.32. The molecule has 1 unspecified atom stereocenters. The van der Waals surface area contributed by atoms with Crippen molar-refractivity contribution in [1.29, 1.82) is 0 Å². The van der Waals surface area contributed by atoms with Gasteiger partial charge in [0.2, 0.25) is 0 Å². The van der Waals surface area contributed by atoms with Crippen LogP contribution >= 0.6 is 0 Å². The second-order valence-corrected chi connectivity index (χ2v) is 3.01. The van der Waals surface area contributed by atoms with Crippen LogP contribution in [0.4, 0.5) is 8.78 Å². The molecule has 0 spiro atoms. The lowest BCUT2D eigenvalue weighted by Gasteiger charge is -2.16. The first-order chi connectivity index (χ1) is 7.17. The van der Waals surface area contributed by atoms with Gasteiger partial charge in [-0.2, -0.15) is 0 Å². The molecule has 84 valence electrons. The lowest BCUT2D eigenvalue weighted by atomic mass is 10.3. The van der Waals surface area contributed by atoms with Crippen LogP contribution in [0.3, 0.4) is 0 Å². The van der Waals surface area contributed by atoms with Crippen LogP contribution in [-0.4, -0.2) is 26.4 Å². The summed E-state index contributed by atoms with van der Waals surface area (Å²) in [5.41, 5.74) is 5.39. The van der Waals surface area contributed by atoms with Gasteiger partial charge in [-0.15, -0.1) is 0 Å². The van der Waals surface area contributed by atoms with Crippen molar-refractivity contribution in [3.63, 3.8) is 0 Å². The van der Waals surface area contributed by atoms with E-state index in [0.717, 1.165) is 12.1 Å². The van der Waals surface area contributed by atoms with Gasteiger partial charge in [-0.25, -0.2) is 8.78 Å². The molecule has 0 aliphatic carbocycles. The summed E-state index contributed by atoms with van der Waals surface area (Å²) in [6.45, 7) is 0.456. The summed E-state index contributed by atoms with van der Waals surface area (Å²) in [6, 6.07) is 3.11. The van der Waals surface area contributed by atoms with Crippen molar-refractivity contribution < 1.29 is 18.3 Å². The maximum Gasteiger partial charge on any atom is 0.167 e. The summed E-state index contributed by atoms with van der Waals surface area (Å²) in [4.78, 5) is 0. The van der Waals surface area contributed by atoms with E-state index >= 15 is 0 Å². The van der Waals surface area contributed by atoms with Gasteiger partial charge in [0.1, 0.15) is 11.9 Å². The quantitative estimate of drug-likeness (QED) is 0.808. The van der Waals surface area contributed by atoms with Gasteiger partial charge >= 0.3 is 0 Å². The largest absolute Gasteiger partial charge is 0.484 e. The topological polar surface area (TPSA) is 44.5 Å². The van der Waals surface area contributed by atoms with Gasteiger partial charge in [0, 0.05) is 19.7 Å². The van der Waals surface area contributed by atoms with Crippen LogP contribution < -0.4 is 10.5 Å². The standard InChI is InChI=1S/C10H13F2NO2/c1-14-6-8(5-13)15-10-3-2-7(11)4-9(10)12/h2-4,8H,5-6,13H2,1H3. The SMILES string of the molecule is COCC(CN)Oc1ccc(F)cc1F. The molecule has 0 amide bonds. The van der Waals surface area contributed by atoms with Crippen LogP contribution in [0.1, 0.15) is 0 Å². The van der Waals surface area contributed by atoms with Crippen molar-refractivity contribution in [1.82, 2.24) is 0 Å². The van der Waals surface area contributed by atoms with E-state index in [0.29, 0.717) is 0 Å². The van der Waals surface area contributed by atoms with Gasteiger partial charge in [0.15, 0.2) is 11.6 Å². The minimum atomic E-state index is -0.746. The third kappa shape index (κ3) is 3.45. The zero-order valence-corrected chi connectivity index (χ0v) is 8.37. The normalized spacial score (nSPS) is 12.5. The van der Waals surface area contributed by atoms with Crippen LogP contribution in [0.15, 0.2) is 18.2 Å². The average molecular weight is 217 g/mol. The van der Waals surface area contributed by atoms with E-state index in [1.807, 2.05) is 0 Å². The number of halogens is 2. The molecule has 5 heteroatoms. The van der Waals surface area contributed by atoms with E-state index in [4.69, 9.17) is 15.2 Å². The smallest absolute Gasteiger partial charge is 0.167 e. The summed E-state index contributed by atoms with van der Waals surface area (Å²) in [7, 11) is 1.49. The minimum Gasteiger partial charge on any atom is -0.484 e. The highest BCUT2D eigenvalue weighted by Crippen LogP contribution is 2.18. The lowest BCUT2D eigenvalue weighted by Crippen LogP contribution is -2.31. The third-order valence-electron chi connectivity index (χ3n) is 1.80. The fraction of sp³-hybridized carbons (Fsp3) is 0.400. The average Bonchev–Trinajstić information content (AvgIpc) is 2.21. The fourth-order valence-corrected chi connectivity index (χ4v) is 1.09. The van der Waals surface area contributed by atoms with Crippen LogP contribution in [0, 0.1) is 11.6 Å². The van der Waals surface area contributed by atoms with Gasteiger partial charge in [0.25, 0.3) is 0 Å². The monoisotopic (exact) mass is 217 g/mol. The molecule has 2 N–H and O–H groups in total. The Kier molecular flexibility index (Phi) is 4.45. The number of hydrogen-bond acceptors (Lipinski definition) is 3. The fourth-order valence-electron chi connectivity index (χ4n) is 1.09. The molecule has 0 bridgehead atoms. The van der Waals surface area contributed by atoms with Crippen LogP contribution in [0.5, 0.6) is 5.75 Å². The molecule has 1 rings (SSSR count). The molecule has 1 aromatic rings. The highest BCUT2D eigenvalue weighted by atomic mass is 19.1. The van der Waals surface area contributed by atoms with E-state index in [1.54, 1.807) is 0 Å². The maximum absolute atomic E-state index is 13.1. The maximum atomic E-state index is 13.1. The molecular formula is C10H13F2NO2. The lowest BCUT2D eigenvalue weighted by molar-refractivity contribution is 0.0832.